The summed E-state index contributed by atoms with van der Waals surface area (Å²) in [5.41, 5.74) is 1.60. The number of amides is 2. The molecule has 0 atom stereocenters. The van der Waals surface area contributed by atoms with Gasteiger partial charge in [0.15, 0.2) is 6.29 Å². The van der Waals surface area contributed by atoms with Crippen molar-refractivity contribution in [3.63, 3.8) is 0 Å². The zero-order chi connectivity index (χ0) is 25.9. The van der Waals surface area contributed by atoms with Gasteiger partial charge in [0.05, 0.1) is 23.5 Å². The quantitative estimate of drug-likeness (QED) is 0.510. The van der Waals surface area contributed by atoms with Crippen LogP contribution in [-0.2, 0) is 13.0 Å². The summed E-state index contributed by atoms with van der Waals surface area (Å²) in [4.78, 5) is 38.7. The highest BCUT2D eigenvalue weighted by molar-refractivity contribution is 6.01. The zero-order valence-electron chi connectivity index (χ0n) is 20.6. The number of carbonyl (C=O) groups is 2. The molecule has 1 saturated heterocycles. The van der Waals surface area contributed by atoms with Gasteiger partial charge in [-0.25, -0.2) is 14.8 Å². The number of rotatable bonds is 6. The Morgan fingerprint density at radius 3 is 2.69 bits per heavy atom. The predicted molar refractivity (Wildman–Crippen MR) is 134 cm³/mol. The molecular weight excluding hydrogens is 462 g/mol. The van der Waals surface area contributed by atoms with Gasteiger partial charge >= 0.3 is 6.03 Å². The largest absolute Gasteiger partial charge is 0.392 e. The average Bonchev–Trinajstić information content (AvgIpc) is 2.87. The minimum Gasteiger partial charge on any atom is -0.392 e. The lowest BCUT2D eigenvalue weighted by Crippen LogP contribution is -2.49. The van der Waals surface area contributed by atoms with Gasteiger partial charge in [0.1, 0.15) is 23.4 Å². The normalized spacial score (nSPS) is 16.9. The van der Waals surface area contributed by atoms with E-state index in [1.165, 1.54) is 11.1 Å². The van der Waals surface area contributed by atoms with Crippen molar-refractivity contribution in [1.29, 1.82) is 5.26 Å². The van der Waals surface area contributed by atoms with Crippen LogP contribution in [0.5, 0.6) is 0 Å². The molecule has 0 saturated carbocycles. The van der Waals surface area contributed by atoms with Crippen molar-refractivity contribution in [3.8, 4) is 6.07 Å². The van der Waals surface area contributed by atoms with E-state index in [1.807, 2.05) is 23.9 Å². The van der Waals surface area contributed by atoms with Gasteiger partial charge in [0.25, 0.3) is 0 Å². The first-order chi connectivity index (χ1) is 17.3. The van der Waals surface area contributed by atoms with Crippen LogP contribution < -0.4 is 15.1 Å². The highest BCUT2D eigenvalue weighted by atomic mass is 16.3. The van der Waals surface area contributed by atoms with E-state index in [9.17, 15) is 25.1 Å². The Labute approximate surface area is 210 Å². The Morgan fingerprint density at radius 1 is 1.31 bits per heavy atom. The Morgan fingerprint density at radius 2 is 2.06 bits per heavy atom. The van der Waals surface area contributed by atoms with Crippen LogP contribution in [0.1, 0.15) is 46.4 Å². The summed E-state index contributed by atoms with van der Waals surface area (Å²) in [5.74, 6) is 0.681. The number of pyridine rings is 2. The van der Waals surface area contributed by atoms with Crippen LogP contribution in [0, 0.1) is 11.3 Å². The van der Waals surface area contributed by atoms with Gasteiger partial charge < -0.3 is 20.0 Å². The molecule has 2 aromatic rings. The number of aliphatic hydroxyl groups excluding tert-OH is 1. The van der Waals surface area contributed by atoms with Crippen LogP contribution in [-0.4, -0.2) is 83.3 Å². The molecule has 36 heavy (non-hydrogen) atoms. The van der Waals surface area contributed by atoms with Gasteiger partial charge in [-0.05, 0) is 51.4 Å². The fraction of sp³-hybridized carbons (Fsp3) is 0.480. The number of aliphatic hydroxyl groups is 2. The van der Waals surface area contributed by atoms with E-state index in [2.05, 4.69) is 21.4 Å². The number of carbonyl (C=O) groups excluding carboxylic acids is 2. The third-order valence-corrected chi connectivity index (χ3v) is 6.68. The third-order valence-electron chi connectivity index (χ3n) is 6.68. The number of anilines is 3. The number of piperidine rings is 1. The number of aryl methyl sites for hydroxylation is 1. The molecule has 1 fully saturated rings. The van der Waals surface area contributed by atoms with Crippen molar-refractivity contribution >= 4 is 29.6 Å². The van der Waals surface area contributed by atoms with Crippen LogP contribution in [0.25, 0.3) is 0 Å². The Hall–Kier alpha value is -3.59. The van der Waals surface area contributed by atoms with Crippen LogP contribution in [0.4, 0.5) is 22.1 Å². The van der Waals surface area contributed by atoms with Gasteiger partial charge in [0.2, 0.25) is 0 Å². The van der Waals surface area contributed by atoms with Crippen LogP contribution >= 0.6 is 0 Å². The van der Waals surface area contributed by atoms with Gasteiger partial charge in [-0.1, -0.05) is 0 Å². The molecule has 0 bridgehead atoms. The van der Waals surface area contributed by atoms with E-state index in [0.29, 0.717) is 80.8 Å². The van der Waals surface area contributed by atoms with Crippen molar-refractivity contribution < 1.29 is 19.8 Å². The third kappa shape index (κ3) is 5.31. The molecule has 2 aliphatic rings. The first-order valence-electron chi connectivity index (χ1n) is 12.0. The summed E-state index contributed by atoms with van der Waals surface area (Å²) >= 11 is 0. The number of hydrogen-bond donors (Lipinski definition) is 3. The number of nitrogens with one attached hydrogen (secondary N) is 1. The van der Waals surface area contributed by atoms with E-state index in [-0.39, 0.29) is 18.1 Å². The molecule has 2 amide bonds. The number of aromatic nitrogens is 2. The molecule has 0 spiro atoms. The highest BCUT2D eigenvalue weighted by Crippen LogP contribution is 2.31. The summed E-state index contributed by atoms with van der Waals surface area (Å²) in [6.45, 7) is 1.83. The number of nitriles is 1. The lowest BCUT2D eigenvalue weighted by Gasteiger charge is -2.40. The van der Waals surface area contributed by atoms with E-state index in [1.54, 1.807) is 12.1 Å². The smallest absolute Gasteiger partial charge is 0.328 e. The summed E-state index contributed by atoms with van der Waals surface area (Å²) in [5, 5.41) is 32.8. The molecule has 0 unspecified atom stereocenters. The molecule has 11 nitrogen and oxygen atoms in total. The number of hydrogen-bond acceptors (Lipinski definition) is 9. The second kappa shape index (κ2) is 10.6. The van der Waals surface area contributed by atoms with Crippen molar-refractivity contribution in [1.82, 2.24) is 14.9 Å². The summed E-state index contributed by atoms with van der Waals surface area (Å²) in [6.07, 6.45) is 4.53. The second-order valence-electron chi connectivity index (χ2n) is 9.62. The van der Waals surface area contributed by atoms with Gasteiger partial charge in [-0.3, -0.25) is 15.0 Å². The van der Waals surface area contributed by atoms with E-state index in [4.69, 9.17) is 0 Å². The Bertz CT molecular complexity index is 1190. The molecule has 11 heteroatoms. The number of nitrogens with zero attached hydrogens (tertiary/aromatic N) is 6. The summed E-state index contributed by atoms with van der Waals surface area (Å²) in [7, 11) is 3.86. The zero-order valence-corrected chi connectivity index (χ0v) is 20.6. The predicted octanol–water partition coefficient (Wildman–Crippen LogP) is 1.53. The molecule has 2 aliphatic heterocycles. The first kappa shape index (κ1) is 25.5. The van der Waals surface area contributed by atoms with Crippen molar-refractivity contribution in [2.45, 2.75) is 37.9 Å². The van der Waals surface area contributed by atoms with Crippen molar-refractivity contribution in [3.05, 3.63) is 40.7 Å². The van der Waals surface area contributed by atoms with Gasteiger partial charge in [-0.2, -0.15) is 5.26 Å². The minimum absolute atomic E-state index is 0.106. The van der Waals surface area contributed by atoms with Crippen molar-refractivity contribution in [2.75, 3.05) is 55.4 Å². The SMILES string of the molecule is CN(C)CC1(O)CCN(c2cc(NC(=O)N3CCCc4cc(CO)c(C=O)nc43)ncc2C#N)CC1. The van der Waals surface area contributed by atoms with E-state index in [0.717, 1.165) is 5.56 Å². The van der Waals surface area contributed by atoms with Gasteiger partial charge in [-0.15, -0.1) is 0 Å². The van der Waals surface area contributed by atoms with E-state index < -0.39 is 11.6 Å². The maximum Gasteiger partial charge on any atom is 0.328 e. The van der Waals surface area contributed by atoms with Crippen LogP contribution in [0.2, 0.25) is 0 Å². The topological polar surface area (TPSA) is 146 Å². The second-order valence-corrected chi connectivity index (χ2v) is 9.62. The van der Waals surface area contributed by atoms with E-state index >= 15 is 0 Å². The Balaban J connectivity index is 1.53. The number of aldehydes is 1. The maximum atomic E-state index is 13.2. The summed E-state index contributed by atoms with van der Waals surface area (Å²) < 4.78 is 0. The van der Waals surface area contributed by atoms with Crippen LogP contribution in [0.3, 0.4) is 0 Å². The number of likely N-dealkylation sites (N-methyl/N-ethyl adjacent to an activating group) is 1. The molecule has 0 aliphatic carbocycles. The molecular formula is C25H31N7O4. The number of urea groups is 1. The lowest BCUT2D eigenvalue weighted by molar-refractivity contribution is -0.00538. The van der Waals surface area contributed by atoms with Crippen LogP contribution in [0.15, 0.2) is 18.3 Å². The molecule has 3 N–H and O–H groups in total. The molecule has 2 aromatic heterocycles. The minimum atomic E-state index is -0.776. The highest BCUT2D eigenvalue weighted by Gasteiger charge is 2.34. The summed E-state index contributed by atoms with van der Waals surface area (Å²) in [6, 6.07) is 5.12. The first-order valence-corrected chi connectivity index (χ1v) is 12.0. The monoisotopic (exact) mass is 493 g/mol. The standard InChI is InChI=1S/C25H31N7O4/c1-30(2)16-25(36)5-8-31(9-6-25)21-11-22(27-13-19(21)12-26)29-24(35)32-7-3-4-17-10-18(14-33)20(15-34)28-23(17)32/h10-11,13,15,33,36H,3-9,14,16H2,1-2H3,(H,27,29,35). The molecule has 4 heterocycles. The Kier molecular flexibility index (Phi) is 7.49. The molecule has 4 rings (SSSR count). The van der Waals surface area contributed by atoms with Gasteiger partial charge in [0, 0.05) is 44.0 Å². The fourth-order valence-corrected chi connectivity index (χ4v) is 4.93. The lowest BCUT2D eigenvalue weighted by atomic mass is 9.90. The number of fused-ring (bicyclic) bond motifs is 1. The fourth-order valence-electron chi connectivity index (χ4n) is 4.93. The maximum absolute atomic E-state index is 13.2. The molecule has 190 valence electrons. The average molecular weight is 494 g/mol. The molecule has 0 aromatic carbocycles. The molecule has 0 radical (unpaired) electrons. The van der Waals surface area contributed by atoms with Crippen molar-refractivity contribution in [2.24, 2.45) is 0 Å².